The second-order valence-electron chi connectivity index (χ2n) is 5.27. The smallest absolute Gasteiger partial charge is 0.281 e. The van der Waals surface area contributed by atoms with E-state index < -0.39 is 0 Å². The Hall–Kier alpha value is -2.20. The Morgan fingerprint density at radius 1 is 0.909 bits per heavy atom. The van der Waals surface area contributed by atoms with Crippen LogP contribution in [0.25, 0.3) is 10.8 Å². The van der Waals surface area contributed by atoms with Gasteiger partial charge < -0.3 is 17.0 Å². The van der Waals surface area contributed by atoms with Crippen LogP contribution in [0.2, 0.25) is 0 Å². The van der Waals surface area contributed by atoms with E-state index in [4.69, 9.17) is 5.73 Å². The molecule has 1 aliphatic heterocycles. The van der Waals surface area contributed by atoms with Gasteiger partial charge in [0.25, 0.3) is 5.84 Å². The summed E-state index contributed by atoms with van der Waals surface area (Å²) in [6.45, 7) is 0.720. The molecule has 4 heteroatoms. The number of hydrogen-bond acceptors (Lipinski definition) is 1. The molecule has 0 saturated carbocycles. The normalized spacial score (nSPS) is 13.1. The molecule has 0 saturated heterocycles. The van der Waals surface area contributed by atoms with Crippen LogP contribution >= 0.6 is 0 Å². The number of nitrogens with zero attached hydrogens (tertiary/aromatic N) is 1. The number of rotatable bonds is 1. The molecule has 3 aromatic rings. The third kappa shape index (κ3) is 2.20. The van der Waals surface area contributed by atoms with Crippen LogP contribution < -0.4 is 22.7 Å². The molecule has 0 aliphatic carbocycles. The van der Waals surface area contributed by atoms with E-state index in [2.05, 4.69) is 24.3 Å². The van der Waals surface area contributed by atoms with Crippen LogP contribution in [0.1, 0.15) is 11.1 Å². The Morgan fingerprint density at radius 2 is 1.64 bits per heavy atom. The van der Waals surface area contributed by atoms with Crippen LogP contribution in [0, 0.1) is 5.82 Å². The third-order valence-electron chi connectivity index (χ3n) is 4.03. The first-order valence-corrected chi connectivity index (χ1v) is 6.90. The molecule has 110 valence electrons. The minimum Gasteiger partial charge on any atom is -1.00 e. The van der Waals surface area contributed by atoms with Crippen LogP contribution in [-0.2, 0) is 6.54 Å². The van der Waals surface area contributed by atoms with Crippen molar-refractivity contribution in [3.8, 4) is 0 Å². The van der Waals surface area contributed by atoms with E-state index in [1.54, 1.807) is 12.1 Å². The van der Waals surface area contributed by atoms with Crippen molar-refractivity contribution in [3.63, 3.8) is 0 Å². The second-order valence-corrected chi connectivity index (χ2v) is 5.27. The zero-order valence-corrected chi connectivity index (χ0v) is 13.3. The van der Waals surface area contributed by atoms with Gasteiger partial charge in [-0.3, -0.25) is 5.73 Å². The van der Waals surface area contributed by atoms with Gasteiger partial charge in [0.1, 0.15) is 18.0 Å². The van der Waals surface area contributed by atoms with Crippen molar-refractivity contribution in [1.82, 2.24) is 0 Å². The second kappa shape index (κ2) is 5.54. The van der Waals surface area contributed by atoms with E-state index in [-0.39, 0.29) is 22.8 Å². The minimum absolute atomic E-state index is 0. The van der Waals surface area contributed by atoms with Gasteiger partial charge in [0, 0.05) is 5.56 Å². The molecule has 1 heterocycles. The Bertz CT molecular complexity index is 885. The van der Waals surface area contributed by atoms with Gasteiger partial charge in [-0.2, -0.15) is 0 Å². The lowest BCUT2D eigenvalue weighted by molar-refractivity contribution is -0.453. The fraction of sp³-hybridized carbons (Fsp3) is 0.0556. The molecule has 3 aromatic carbocycles. The van der Waals surface area contributed by atoms with Gasteiger partial charge in [-0.05, 0) is 35.0 Å². The van der Waals surface area contributed by atoms with E-state index in [1.807, 2.05) is 16.7 Å². The number of nitrogens with two attached hydrogens (primary N) is 1. The molecule has 22 heavy (non-hydrogen) atoms. The maximum absolute atomic E-state index is 13.1. The van der Waals surface area contributed by atoms with Crippen LogP contribution in [0.4, 0.5) is 10.1 Å². The highest BCUT2D eigenvalue weighted by atomic mass is 79.9. The lowest BCUT2D eigenvalue weighted by atomic mass is 10.00. The van der Waals surface area contributed by atoms with Gasteiger partial charge in [-0.15, -0.1) is 0 Å². The first-order chi connectivity index (χ1) is 10.2. The molecule has 2 nitrogen and oxygen atoms in total. The molecule has 0 amide bonds. The Labute approximate surface area is 138 Å². The van der Waals surface area contributed by atoms with Crippen molar-refractivity contribution in [2.24, 2.45) is 5.73 Å². The summed E-state index contributed by atoms with van der Waals surface area (Å²) < 4.78 is 15.1. The van der Waals surface area contributed by atoms with Gasteiger partial charge >= 0.3 is 0 Å². The highest BCUT2D eigenvalue weighted by Gasteiger charge is 2.27. The summed E-state index contributed by atoms with van der Waals surface area (Å²) >= 11 is 0. The Kier molecular flexibility index (Phi) is 3.71. The van der Waals surface area contributed by atoms with Crippen molar-refractivity contribution < 1.29 is 25.9 Å². The predicted molar refractivity (Wildman–Crippen MR) is 82.3 cm³/mol. The van der Waals surface area contributed by atoms with Crippen molar-refractivity contribution in [1.29, 1.82) is 0 Å². The Balaban J connectivity index is 0.00000144. The Morgan fingerprint density at radius 3 is 2.41 bits per heavy atom. The summed E-state index contributed by atoms with van der Waals surface area (Å²) in [6, 6.07) is 18.9. The van der Waals surface area contributed by atoms with Crippen LogP contribution in [0.3, 0.4) is 0 Å². The number of hydrogen-bond donors (Lipinski definition) is 1. The molecule has 2 N–H and O–H groups in total. The summed E-state index contributed by atoms with van der Waals surface area (Å²) in [6.07, 6.45) is 0. The van der Waals surface area contributed by atoms with Gasteiger partial charge in [-0.1, -0.05) is 36.4 Å². The topological polar surface area (TPSA) is 29.0 Å². The van der Waals surface area contributed by atoms with Gasteiger partial charge in [0.15, 0.2) is 0 Å². The summed E-state index contributed by atoms with van der Waals surface area (Å²) in [5, 5.41) is 2.34. The average Bonchev–Trinajstić information content (AvgIpc) is 2.86. The first-order valence-electron chi connectivity index (χ1n) is 6.90. The molecule has 0 unspecified atom stereocenters. The van der Waals surface area contributed by atoms with E-state index >= 15 is 0 Å². The van der Waals surface area contributed by atoms with Gasteiger partial charge in [0.05, 0.1) is 5.56 Å². The van der Waals surface area contributed by atoms with E-state index in [9.17, 15) is 4.39 Å². The summed E-state index contributed by atoms with van der Waals surface area (Å²) in [5.41, 5.74) is 9.59. The molecule has 0 atom stereocenters. The van der Waals surface area contributed by atoms with E-state index in [0.717, 1.165) is 29.0 Å². The lowest BCUT2D eigenvalue weighted by Crippen LogP contribution is -3.00. The quantitative estimate of drug-likeness (QED) is 0.634. The molecule has 0 bridgehead atoms. The number of benzene rings is 3. The molecule has 0 aromatic heterocycles. The number of fused-ring (bicyclic) bond motifs is 3. The fourth-order valence-corrected chi connectivity index (χ4v) is 2.99. The molecule has 0 radical (unpaired) electrons. The maximum atomic E-state index is 13.1. The monoisotopic (exact) mass is 356 g/mol. The van der Waals surface area contributed by atoms with Crippen LogP contribution in [-0.4, -0.2) is 10.4 Å². The zero-order chi connectivity index (χ0) is 14.4. The maximum Gasteiger partial charge on any atom is 0.281 e. The third-order valence-corrected chi connectivity index (χ3v) is 4.03. The fourth-order valence-electron chi connectivity index (χ4n) is 2.99. The average molecular weight is 357 g/mol. The summed E-state index contributed by atoms with van der Waals surface area (Å²) in [4.78, 5) is 0. The molecular weight excluding hydrogens is 343 g/mol. The molecule has 1 aliphatic rings. The van der Waals surface area contributed by atoms with E-state index in [0.29, 0.717) is 0 Å². The summed E-state index contributed by atoms with van der Waals surface area (Å²) in [5.74, 6) is 0.493. The van der Waals surface area contributed by atoms with Crippen molar-refractivity contribution in [3.05, 3.63) is 77.6 Å². The van der Waals surface area contributed by atoms with Crippen molar-refractivity contribution in [2.75, 3.05) is 0 Å². The first kappa shape index (κ1) is 14.7. The standard InChI is InChI=1S/C18H13FN2.BrH/c19-14-7-9-15(10-8-14)21-11-13-6-5-12-3-1-2-4-16(12)17(13)18(21)20;/h1-10,20H,11H2;1H. The van der Waals surface area contributed by atoms with Gasteiger partial charge in [-0.25, -0.2) is 8.97 Å². The highest BCUT2D eigenvalue weighted by molar-refractivity contribution is 6.09. The molecule has 0 fully saturated rings. The lowest BCUT2D eigenvalue weighted by Gasteiger charge is -2.02. The van der Waals surface area contributed by atoms with Crippen molar-refractivity contribution in [2.45, 2.75) is 6.54 Å². The minimum atomic E-state index is -0.237. The summed E-state index contributed by atoms with van der Waals surface area (Å²) in [7, 11) is 0. The highest BCUT2D eigenvalue weighted by Crippen LogP contribution is 2.29. The van der Waals surface area contributed by atoms with Crippen LogP contribution in [0.15, 0.2) is 60.7 Å². The zero-order valence-electron chi connectivity index (χ0n) is 11.8. The van der Waals surface area contributed by atoms with E-state index in [1.165, 1.54) is 23.1 Å². The van der Waals surface area contributed by atoms with Crippen LogP contribution in [0.5, 0.6) is 0 Å². The molecular formula is C18H14BrFN2. The number of halogens is 2. The molecule has 4 rings (SSSR count). The van der Waals surface area contributed by atoms with Crippen molar-refractivity contribution >= 4 is 22.3 Å². The van der Waals surface area contributed by atoms with Gasteiger partial charge in [0.2, 0.25) is 0 Å². The predicted octanol–water partition coefficient (Wildman–Crippen LogP) is 0.546. The number of amidine groups is 1. The largest absolute Gasteiger partial charge is 1.00 e. The SMILES string of the molecule is NC1=[N+](c2ccc(F)cc2)Cc2ccc3ccccc3c21.[Br-]. The molecule has 0 spiro atoms.